The first-order chi connectivity index (χ1) is 12.9. The molecule has 1 aromatic carbocycles. The third-order valence-electron chi connectivity index (χ3n) is 5.59. The van der Waals surface area contributed by atoms with Crippen molar-refractivity contribution < 1.29 is 19.0 Å². The molecule has 0 amide bonds. The van der Waals surface area contributed by atoms with E-state index in [0.717, 1.165) is 18.9 Å². The Bertz CT molecular complexity index is 991. The molecule has 2 aromatic rings. The van der Waals surface area contributed by atoms with Crippen molar-refractivity contribution in [3.8, 4) is 5.75 Å². The van der Waals surface area contributed by atoms with E-state index < -0.39 is 22.8 Å². The van der Waals surface area contributed by atoms with E-state index in [2.05, 4.69) is 5.32 Å². The number of halogens is 1. The number of pyridine rings is 1. The molecule has 1 saturated carbocycles. The first-order valence-electron chi connectivity index (χ1n) is 9.06. The number of hydrogen-bond acceptors (Lipinski definition) is 5. The van der Waals surface area contributed by atoms with Gasteiger partial charge < -0.3 is 25.5 Å². The van der Waals surface area contributed by atoms with Gasteiger partial charge in [0.05, 0.1) is 29.1 Å². The van der Waals surface area contributed by atoms with Gasteiger partial charge in [0.25, 0.3) is 0 Å². The fraction of sp³-hybridized carbons (Fsp3) is 0.474. The average molecular weight is 375 g/mol. The number of aromatic carboxylic acids is 1. The van der Waals surface area contributed by atoms with E-state index in [1.165, 1.54) is 13.3 Å². The molecule has 1 aliphatic heterocycles. The first kappa shape index (κ1) is 17.9. The van der Waals surface area contributed by atoms with Gasteiger partial charge in [-0.3, -0.25) is 4.79 Å². The lowest BCUT2D eigenvalue weighted by atomic mass is 9.81. The maximum absolute atomic E-state index is 15.2. The van der Waals surface area contributed by atoms with Crippen LogP contribution in [0.2, 0.25) is 0 Å². The summed E-state index contributed by atoms with van der Waals surface area (Å²) < 4.78 is 22.5. The van der Waals surface area contributed by atoms with Crippen LogP contribution in [0.1, 0.15) is 47.6 Å². The van der Waals surface area contributed by atoms with E-state index in [4.69, 9.17) is 10.5 Å². The molecule has 2 aliphatic rings. The zero-order valence-corrected chi connectivity index (χ0v) is 15.0. The molecule has 0 radical (unpaired) electrons. The maximum atomic E-state index is 15.2. The van der Waals surface area contributed by atoms with Crippen LogP contribution in [0.25, 0.3) is 10.9 Å². The van der Waals surface area contributed by atoms with Crippen LogP contribution in [0.15, 0.2) is 17.1 Å². The SMILES string of the molecule is COc1c(C2(N)CCNCC2)c(F)cc2c(=O)c(C(=O)O)cn(C3CC3)c12. The molecule has 1 aromatic heterocycles. The van der Waals surface area contributed by atoms with Gasteiger partial charge in [0.1, 0.15) is 11.4 Å². The van der Waals surface area contributed by atoms with Gasteiger partial charge in [-0.1, -0.05) is 0 Å². The minimum absolute atomic E-state index is 0.0115. The van der Waals surface area contributed by atoms with Crippen molar-refractivity contribution in [1.82, 2.24) is 9.88 Å². The van der Waals surface area contributed by atoms with E-state index in [1.54, 1.807) is 4.57 Å². The number of carbonyl (C=O) groups is 1. The molecule has 144 valence electrons. The van der Waals surface area contributed by atoms with Crippen LogP contribution < -0.4 is 21.2 Å². The highest BCUT2D eigenvalue weighted by Crippen LogP contribution is 2.44. The third kappa shape index (κ3) is 2.80. The van der Waals surface area contributed by atoms with Crippen LogP contribution in [0.4, 0.5) is 4.39 Å². The monoisotopic (exact) mass is 375 g/mol. The summed E-state index contributed by atoms with van der Waals surface area (Å²) in [6.45, 7) is 1.31. The Balaban J connectivity index is 2.09. The summed E-state index contributed by atoms with van der Waals surface area (Å²) in [5.74, 6) is -1.73. The van der Waals surface area contributed by atoms with E-state index in [0.29, 0.717) is 31.4 Å². The highest BCUT2D eigenvalue weighted by Gasteiger charge is 2.38. The number of carboxylic acid groups (broad SMARTS) is 1. The number of ether oxygens (including phenoxy) is 1. The second-order valence-corrected chi connectivity index (χ2v) is 7.38. The van der Waals surface area contributed by atoms with Crippen LogP contribution in [-0.2, 0) is 5.54 Å². The zero-order chi connectivity index (χ0) is 19.3. The molecule has 8 heteroatoms. The number of rotatable bonds is 4. The molecule has 7 nitrogen and oxygen atoms in total. The number of benzene rings is 1. The van der Waals surface area contributed by atoms with Crippen molar-refractivity contribution in [2.24, 2.45) is 5.73 Å². The lowest BCUT2D eigenvalue weighted by molar-refractivity contribution is 0.0694. The van der Waals surface area contributed by atoms with Gasteiger partial charge in [-0.05, 0) is 44.8 Å². The molecule has 1 aliphatic carbocycles. The number of hydrogen-bond donors (Lipinski definition) is 3. The first-order valence-corrected chi connectivity index (χ1v) is 9.06. The summed E-state index contributed by atoms with van der Waals surface area (Å²) in [5.41, 5.74) is 5.26. The Hall–Kier alpha value is -2.45. The Morgan fingerprint density at radius 3 is 2.63 bits per heavy atom. The predicted molar refractivity (Wildman–Crippen MR) is 97.9 cm³/mol. The molecule has 0 unspecified atom stereocenters. The maximum Gasteiger partial charge on any atom is 0.341 e. The highest BCUT2D eigenvalue weighted by atomic mass is 19.1. The molecular weight excluding hydrogens is 353 g/mol. The van der Waals surface area contributed by atoms with Crippen LogP contribution in [0, 0.1) is 5.82 Å². The average Bonchev–Trinajstić information content (AvgIpc) is 3.46. The van der Waals surface area contributed by atoms with Crippen molar-refractivity contribution in [1.29, 1.82) is 0 Å². The van der Waals surface area contributed by atoms with Gasteiger partial charge >= 0.3 is 5.97 Å². The van der Waals surface area contributed by atoms with E-state index in [1.807, 2.05) is 0 Å². The smallest absolute Gasteiger partial charge is 0.341 e. The second kappa shape index (κ2) is 6.31. The zero-order valence-electron chi connectivity index (χ0n) is 15.0. The molecule has 0 atom stereocenters. The lowest BCUT2D eigenvalue weighted by Gasteiger charge is -2.36. The Kier molecular flexibility index (Phi) is 4.20. The summed E-state index contributed by atoms with van der Waals surface area (Å²) in [6.07, 6.45) is 4.15. The van der Waals surface area contributed by atoms with Crippen molar-refractivity contribution >= 4 is 16.9 Å². The van der Waals surface area contributed by atoms with E-state index in [-0.39, 0.29) is 28.3 Å². The summed E-state index contributed by atoms with van der Waals surface area (Å²) in [7, 11) is 1.43. The lowest BCUT2D eigenvalue weighted by Crippen LogP contribution is -2.47. The molecule has 4 rings (SSSR count). The second-order valence-electron chi connectivity index (χ2n) is 7.38. The van der Waals surface area contributed by atoms with Crippen molar-refractivity contribution in [2.75, 3.05) is 20.2 Å². The summed E-state index contributed by atoms with van der Waals surface area (Å²) in [5, 5.41) is 12.6. The Labute approximate surface area is 154 Å². The minimum atomic E-state index is -1.33. The molecule has 2 heterocycles. The van der Waals surface area contributed by atoms with Gasteiger partial charge in [0.15, 0.2) is 5.75 Å². The van der Waals surface area contributed by atoms with E-state index >= 15 is 4.39 Å². The molecule has 4 N–H and O–H groups in total. The quantitative estimate of drug-likeness (QED) is 0.751. The molecular formula is C19H22FN3O4. The fourth-order valence-corrected chi connectivity index (χ4v) is 4.03. The largest absolute Gasteiger partial charge is 0.494 e. The van der Waals surface area contributed by atoms with Crippen LogP contribution in [0.3, 0.4) is 0 Å². The normalized spacial score (nSPS) is 19.2. The summed E-state index contributed by atoms with van der Waals surface area (Å²) >= 11 is 0. The van der Waals surface area contributed by atoms with Gasteiger partial charge in [-0.25, -0.2) is 9.18 Å². The topological polar surface area (TPSA) is 107 Å². The Morgan fingerprint density at radius 1 is 1.41 bits per heavy atom. The molecule has 27 heavy (non-hydrogen) atoms. The molecule has 1 saturated heterocycles. The fourth-order valence-electron chi connectivity index (χ4n) is 4.03. The number of nitrogens with two attached hydrogens (primary N) is 1. The third-order valence-corrected chi connectivity index (χ3v) is 5.59. The van der Waals surface area contributed by atoms with Gasteiger partial charge in [0, 0.05) is 12.2 Å². The number of nitrogens with zero attached hydrogens (tertiary/aromatic N) is 1. The van der Waals surface area contributed by atoms with Gasteiger partial charge in [-0.15, -0.1) is 0 Å². The van der Waals surface area contributed by atoms with Crippen LogP contribution in [0.5, 0.6) is 5.75 Å². The minimum Gasteiger partial charge on any atom is -0.494 e. The van der Waals surface area contributed by atoms with Gasteiger partial charge in [-0.2, -0.15) is 0 Å². The number of methoxy groups -OCH3 is 1. The van der Waals surface area contributed by atoms with Crippen molar-refractivity contribution in [3.63, 3.8) is 0 Å². The number of nitrogens with one attached hydrogen (secondary N) is 1. The predicted octanol–water partition coefficient (Wildman–Crippen LogP) is 1.72. The number of piperidine rings is 1. The van der Waals surface area contributed by atoms with Crippen LogP contribution >= 0.6 is 0 Å². The van der Waals surface area contributed by atoms with Crippen LogP contribution in [-0.4, -0.2) is 35.8 Å². The number of carboxylic acids is 1. The van der Waals surface area contributed by atoms with E-state index in [9.17, 15) is 14.7 Å². The number of aromatic nitrogens is 1. The summed E-state index contributed by atoms with van der Waals surface area (Å²) in [4.78, 5) is 24.2. The molecule has 2 fully saturated rings. The number of fused-ring (bicyclic) bond motifs is 1. The molecule has 0 spiro atoms. The highest BCUT2D eigenvalue weighted by molar-refractivity contribution is 5.95. The van der Waals surface area contributed by atoms with Crippen molar-refractivity contribution in [3.05, 3.63) is 39.4 Å². The molecule has 0 bridgehead atoms. The Morgan fingerprint density at radius 2 is 2.07 bits per heavy atom. The standard InChI is InChI=1S/C19H22FN3O4/c1-27-17-14(19(21)4-6-22-7-5-19)13(20)8-11-15(17)23(10-2-3-10)9-12(16(11)24)18(25)26/h8-10,22H,2-7,21H2,1H3,(H,25,26). The summed E-state index contributed by atoms with van der Waals surface area (Å²) in [6, 6.07) is 1.19. The van der Waals surface area contributed by atoms with Crippen molar-refractivity contribution in [2.45, 2.75) is 37.3 Å². The van der Waals surface area contributed by atoms with Gasteiger partial charge in [0.2, 0.25) is 5.43 Å².